The number of hydrogen-bond acceptors (Lipinski definition) is 4. The maximum Gasteiger partial charge on any atom is 0.416 e. The molecule has 0 unspecified atom stereocenters. The maximum absolute atomic E-state index is 14.2. The predicted molar refractivity (Wildman–Crippen MR) is 172 cm³/mol. The van der Waals surface area contributed by atoms with E-state index in [1.807, 2.05) is 18.3 Å². The third-order valence-corrected chi connectivity index (χ3v) is 9.83. The molecular formula is C36H37F3N6O. The normalized spacial score (nSPS) is 19.3. The van der Waals surface area contributed by atoms with Crippen LogP contribution in [0.5, 0.6) is 0 Å². The molecule has 238 valence electrons. The zero-order chi connectivity index (χ0) is 31.7. The number of aryl methyl sites for hydroxylation is 1. The van der Waals surface area contributed by atoms with Crippen LogP contribution in [-0.4, -0.2) is 42.1 Å². The van der Waals surface area contributed by atoms with E-state index in [1.54, 1.807) is 28.6 Å². The van der Waals surface area contributed by atoms with Crippen molar-refractivity contribution < 1.29 is 13.2 Å². The Kier molecular flexibility index (Phi) is 6.97. The van der Waals surface area contributed by atoms with E-state index >= 15 is 0 Å². The Morgan fingerprint density at radius 1 is 1.00 bits per heavy atom. The summed E-state index contributed by atoms with van der Waals surface area (Å²) >= 11 is 0. The minimum Gasteiger partial charge on any atom is -0.353 e. The van der Waals surface area contributed by atoms with Crippen LogP contribution in [0.25, 0.3) is 39.2 Å². The van der Waals surface area contributed by atoms with Gasteiger partial charge in [0.1, 0.15) is 17.2 Å². The molecule has 3 fully saturated rings. The zero-order valence-electron chi connectivity index (χ0n) is 26.1. The van der Waals surface area contributed by atoms with Crippen molar-refractivity contribution in [3.8, 4) is 28.3 Å². The minimum atomic E-state index is -4.50. The summed E-state index contributed by atoms with van der Waals surface area (Å²) < 4.78 is 44.9. The van der Waals surface area contributed by atoms with E-state index in [4.69, 9.17) is 4.98 Å². The second-order valence-corrected chi connectivity index (χ2v) is 13.6. The van der Waals surface area contributed by atoms with Crippen molar-refractivity contribution in [1.29, 1.82) is 0 Å². The zero-order valence-corrected chi connectivity index (χ0v) is 26.1. The molecule has 2 saturated carbocycles. The topological polar surface area (TPSA) is 71.7 Å². The molecule has 8 rings (SSSR count). The van der Waals surface area contributed by atoms with E-state index < -0.39 is 11.7 Å². The molecule has 3 aliphatic rings. The number of alkyl halides is 3. The lowest BCUT2D eigenvalue weighted by molar-refractivity contribution is -0.137. The monoisotopic (exact) mass is 626 g/mol. The standard InChI is InChI=1S/C36H37F3N6O/c1-21-4-3-12-44(18-21)19-26-17-28-30(22-5-6-22)20-45(35(46)33(28)41-26)32-15-24(14-31(42-32)23-7-8-23)27-10-9-25(36(37,38)39)16-29(27)34-40-11-13-43(34)2/h9-11,13-17,20-23,41H,3-8,12,18-19H2,1-2H3/t21-/m0/s1. The summed E-state index contributed by atoms with van der Waals surface area (Å²) in [7, 11) is 1.77. The molecule has 46 heavy (non-hydrogen) atoms. The van der Waals surface area contributed by atoms with E-state index in [-0.39, 0.29) is 11.5 Å². The molecule has 4 aromatic heterocycles. The molecule has 1 aliphatic heterocycles. The number of aromatic amines is 1. The Morgan fingerprint density at radius 2 is 1.80 bits per heavy atom. The molecule has 0 bridgehead atoms. The Morgan fingerprint density at radius 3 is 2.50 bits per heavy atom. The summed E-state index contributed by atoms with van der Waals surface area (Å²) in [5, 5.41) is 0.988. The average molecular weight is 627 g/mol. The number of likely N-dealkylation sites (tertiary alicyclic amines) is 1. The van der Waals surface area contributed by atoms with Crippen LogP contribution in [0, 0.1) is 5.92 Å². The molecule has 0 radical (unpaired) electrons. The first-order valence-corrected chi connectivity index (χ1v) is 16.3. The van der Waals surface area contributed by atoms with Crippen LogP contribution < -0.4 is 5.56 Å². The number of nitrogens with zero attached hydrogens (tertiary/aromatic N) is 5. The first-order valence-electron chi connectivity index (χ1n) is 16.3. The number of aromatic nitrogens is 5. The number of H-pyrrole nitrogens is 1. The Bertz CT molecular complexity index is 2010. The van der Waals surface area contributed by atoms with Crippen molar-refractivity contribution in [2.75, 3.05) is 13.1 Å². The van der Waals surface area contributed by atoms with Gasteiger partial charge in [-0.2, -0.15) is 13.2 Å². The lowest BCUT2D eigenvalue weighted by Gasteiger charge is -2.30. The van der Waals surface area contributed by atoms with Crippen molar-refractivity contribution in [3.63, 3.8) is 0 Å². The summed E-state index contributed by atoms with van der Waals surface area (Å²) in [5.41, 5.74) is 4.44. The summed E-state index contributed by atoms with van der Waals surface area (Å²) in [6.45, 7) is 5.19. The van der Waals surface area contributed by atoms with E-state index in [1.165, 1.54) is 25.0 Å². The summed E-state index contributed by atoms with van der Waals surface area (Å²) in [5.74, 6) is 2.24. The van der Waals surface area contributed by atoms with Crippen LogP contribution in [0.3, 0.4) is 0 Å². The highest BCUT2D eigenvalue weighted by Gasteiger charge is 2.33. The first kappa shape index (κ1) is 29.2. The van der Waals surface area contributed by atoms with Gasteiger partial charge in [0.2, 0.25) is 0 Å². The molecule has 1 aromatic carbocycles. The van der Waals surface area contributed by atoms with Gasteiger partial charge in [-0.3, -0.25) is 14.3 Å². The third kappa shape index (κ3) is 5.46. The van der Waals surface area contributed by atoms with Gasteiger partial charge in [0.05, 0.1) is 5.56 Å². The quantitative estimate of drug-likeness (QED) is 0.200. The lowest BCUT2D eigenvalue weighted by atomic mass is 9.96. The highest BCUT2D eigenvalue weighted by Crippen LogP contribution is 2.45. The van der Waals surface area contributed by atoms with Gasteiger partial charge in [-0.1, -0.05) is 13.0 Å². The van der Waals surface area contributed by atoms with Gasteiger partial charge in [0.15, 0.2) is 0 Å². The Balaban J connectivity index is 1.27. The van der Waals surface area contributed by atoms with Gasteiger partial charge >= 0.3 is 6.18 Å². The van der Waals surface area contributed by atoms with Gasteiger partial charge < -0.3 is 9.55 Å². The average Bonchev–Trinajstić information content (AvgIpc) is 3.96. The van der Waals surface area contributed by atoms with Crippen LogP contribution in [0.4, 0.5) is 13.2 Å². The molecule has 1 N–H and O–H groups in total. The first-order chi connectivity index (χ1) is 22.1. The van der Waals surface area contributed by atoms with Gasteiger partial charge in [0.25, 0.3) is 5.56 Å². The van der Waals surface area contributed by atoms with Gasteiger partial charge in [-0.25, -0.2) is 9.97 Å². The van der Waals surface area contributed by atoms with Crippen molar-refractivity contribution in [2.24, 2.45) is 13.0 Å². The van der Waals surface area contributed by atoms with Gasteiger partial charge in [-0.05, 0) is 104 Å². The number of nitrogens with one attached hydrogen (secondary N) is 1. The fourth-order valence-electron chi connectivity index (χ4n) is 7.13. The third-order valence-electron chi connectivity index (χ3n) is 9.83. The molecule has 5 heterocycles. The minimum absolute atomic E-state index is 0.166. The largest absolute Gasteiger partial charge is 0.416 e. The van der Waals surface area contributed by atoms with Crippen LogP contribution in [0.1, 0.15) is 79.8 Å². The van der Waals surface area contributed by atoms with Crippen molar-refractivity contribution in [3.05, 3.63) is 87.9 Å². The van der Waals surface area contributed by atoms with E-state index in [2.05, 4.69) is 27.9 Å². The number of benzene rings is 1. The number of rotatable bonds is 7. The number of halogens is 3. The van der Waals surface area contributed by atoms with Gasteiger partial charge in [-0.15, -0.1) is 0 Å². The Labute approximate surface area is 265 Å². The number of piperidine rings is 1. The second-order valence-electron chi connectivity index (χ2n) is 13.6. The van der Waals surface area contributed by atoms with Crippen LogP contribution in [0.2, 0.25) is 0 Å². The SMILES string of the molecule is C[C@H]1CCCN(Cc2cc3c(C4CC4)cn(-c4cc(-c5ccc(C(F)(F)F)cc5-c5nccn5C)cc(C5CC5)n4)c(=O)c3[nH]2)C1. The summed E-state index contributed by atoms with van der Waals surface area (Å²) in [4.78, 5) is 29.6. The maximum atomic E-state index is 14.2. The highest BCUT2D eigenvalue weighted by atomic mass is 19.4. The van der Waals surface area contributed by atoms with Crippen LogP contribution >= 0.6 is 0 Å². The lowest BCUT2D eigenvalue weighted by Crippen LogP contribution is -2.33. The number of imidazole rings is 1. The second kappa shape index (κ2) is 11.0. The molecule has 10 heteroatoms. The molecule has 5 aromatic rings. The van der Waals surface area contributed by atoms with Gasteiger partial charge in [0, 0.05) is 67.0 Å². The molecule has 1 saturated heterocycles. The van der Waals surface area contributed by atoms with E-state index in [0.29, 0.717) is 45.7 Å². The fraction of sp³-hybridized carbons (Fsp3) is 0.417. The summed E-state index contributed by atoms with van der Waals surface area (Å²) in [6.07, 6.45) is 7.35. The molecule has 0 amide bonds. The summed E-state index contributed by atoms with van der Waals surface area (Å²) in [6, 6.07) is 9.77. The molecule has 2 aliphatic carbocycles. The molecule has 0 spiro atoms. The number of hydrogen-bond donors (Lipinski definition) is 1. The molecular weight excluding hydrogens is 589 g/mol. The highest BCUT2D eigenvalue weighted by molar-refractivity contribution is 5.85. The molecule has 7 nitrogen and oxygen atoms in total. The predicted octanol–water partition coefficient (Wildman–Crippen LogP) is 7.79. The number of fused-ring (bicyclic) bond motifs is 1. The van der Waals surface area contributed by atoms with Crippen molar-refractivity contribution in [1.82, 2.24) is 29.0 Å². The van der Waals surface area contributed by atoms with Crippen molar-refractivity contribution in [2.45, 2.75) is 70.0 Å². The number of pyridine rings is 2. The van der Waals surface area contributed by atoms with Crippen LogP contribution in [0.15, 0.2) is 59.8 Å². The van der Waals surface area contributed by atoms with Crippen LogP contribution in [-0.2, 0) is 19.8 Å². The fourth-order valence-corrected chi connectivity index (χ4v) is 7.13. The smallest absolute Gasteiger partial charge is 0.353 e. The molecule has 1 atom stereocenters. The Hall–Kier alpha value is -4.18. The van der Waals surface area contributed by atoms with E-state index in [9.17, 15) is 18.0 Å². The van der Waals surface area contributed by atoms with E-state index in [0.717, 1.165) is 73.7 Å². The van der Waals surface area contributed by atoms with Crippen molar-refractivity contribution >= 4 is 10.9 Å².